The molecule has 0 N–H and O–H groups in total. The molecule has 0 fully saturated rings. The first-order valence-corrected chi connectivity index (χ1v) is 7.79. The van der Waals surface area contributed by atoms with Crippen LogP contribution in [0.15, 0.2) is 54.6 Å². The van der Waals surface area contributed by atoms with E-state index in [1.54, 1.807) is 0 Å². The van der Waals surface area contributed by atoms with Crippen LogP contribution < -0.4 is 4.74 Å². The Morgan fingerprint density at radius 1 is 0.857 bits per heavy atom. The van der Waals surface area contributed by atoms with Gasteiger partial charge in [0.15, 0.2) is 0 Å². The van der Waals surface area contributed by atoms with E-state index in [1.807, 2.05) is 6.07 Å². The van der Waals surface area contributed by atoms with E-state index in [9.17, 15) is 0 Å². The van der Waals surface area contributed by atoms with Crippen molar-refractivity contribution >= 4 is 0 Å². The van der Waals surface area contributed by atoms with Gasteiger partial charge in [-0.25, -0.2) is 0 Å². The molecule has 0 bridgehead atoms. The van der Waals surface area contributed by atoms with E-state index in [-0.39, 0.29) is 0 Å². The number of likely N-dealkylation sites (N-methyl/N-ethyl adjacent to an activating group) is 1. The smallest absolute Gasteiger partial charge is 0.119 e. The van der Waals surface area contributed by atoms with Crippen LogP contribution in [0.4, 0.5) is 0 Å². The number of benzene rings is 2. The number of rotatable bonds is 8. The Morgan fingerprint density at radius 2 is 1.57 bits per heavy atom. The number of nitrogens with zero attached hydrogens (tertiary/aromatic N) is 1. The van der Waals surface area contributed by atoms with Crippen molar-refractivity contribution in [2.75, 3.05) is 26.2 Å². The van der Waals surface area contributed by atoms with Crippen molar-refractivity contribution in [2.45, 2.75) is 20.3 Å². The lowest BCUT2D eigenvalue weighted by molar-refractivity contribution is 0.222. The van der Waals surface area contributed by atoms with Gasteiger partial charge in [0.05, 0.1) is 0 Å². The average Bonchev–Trinajstić information content (AvgIpc) is 2.53. The van der Waals surface area contributed by atoms with Gasteiger partial charge in [0.1, 0.15) is 12.4 Å². The zero-order chi connectivity index (χ0) is 14.9. The molecule has 2 aromatic carbocycles. The third kappa shape index (κ3) is 5.24. The molecule has 0 unspecified atom stereocenters. The molecule has 0 atom stereocenters. The molecule has 0 aromatic heterocycles. The van der Waals surface area contributed by atoms with Gasteiger partial charge in [-0.3, -0.25) is 0 Å². The Bertz CT molecular complexity index is 520. The Hall–Kier alpha value is -1.80. The zero-order valence-corrected chi connectivity index (χ0v) is 13.1. The van der Waals surface area contributed by atoms with Crippen molar-refractivity contribution in [1.29, 1.82) is 0 Å². The first kappa shape index (κ1) is 15.6. The van der Waals surface area contributed by atoms with Crippen LogP contribution in [-0.4, -0.2) is 31.1 Å². The molecule has 0 spiro atoms. The highest BCUT2D eigenvalue weighted by Gasteiger charge is 2.01. The lowest BCUT2D eigenvalue weighted by Crippen LogP contribution is -2.27. The van der Waals surface area contributed by atoms with Gasteiger partial charge >= 0.3 is 0 Å². The van der Waals surface area contributed by atoms with E-state index in [2.05, 4.69) is 67.3 Å². The van der Waals surface area contributed by atoms with Crippen LogP contribution in [0.1, 0.15) is 25.0 Å². The predicted molar refractivity (Wildman–Crippen MR) is 89.0 cm³/mol. The van der Waals surface area contributed by atoms with Gasteiger partial charge in [-0.15, -0.1) is 0 Å². The lowest BCUT2D eigenvalue weighted by atomic mass is 10.1. The molecule has 0 saturated carbocycles. The molecule has 0 heterocycles. The third-order valence-electron chi connectivity index (χ3n) is 3.72. The van der Waals surface area contributed by atoms with Crippen LogP contribution in [-0.2, 0) is 6.42 Å². The summed E-state index contributed by atoms with van der Waals surface area (Å²) >= 11 is 0. The molecular formula is C19H25NO. The fraction of sp³-hybridized carbons (Fsp3) is 0.368. The normalized spacial score (nSPS) is 10.8. The molecule has 2 heteroatoms. The largest absolute Gasteiger partial charge is 0.492 e. The monoisotopic (exact) mass is 283 g/mol. The Morgan fingerprint density at radius 3 is 2.29 bits per heavy atom. The predicted octanol–water partition coefficient (Wildman–Crippen LogP) is 4.00. The minimum Gasteiger partial charge on any atom is -0.492 e. The summed E-state index contributed by atoms with van der Waals surface area (Å²) < 4.78 is 5.88. The molecule has 0 aliphatic carbocycles. The Balaban J connectivity index is 1.89. The standard InChI is InChI=1S/C19H25NO/c1-3-20(4-2)13-14-21-19-12-8-11-18(16-19)15-17-9-6-5-7-10-17/h5-12,16H,3-4,13-15H2,1-2H3. The molecule has 0 aliphatic rings. The summed E-state index contributed by atoms with van der Waals surface area (Å²) in [4.78, 5) is 2.37. The highest BCUT2D eigenvalue weighted by Crippen LogP contribution is 2.16. The van der Waals surface area contributed by atoms with Crippen molar-refractivity contribution in [3.05, 3.63) is 65.7 Å². The molecule has 0 radical (unpaired) electrons. The molecule has 2 nitrogen and oxygen atoms in total. The van der Waals surface area contributed by atoms with Crippen LogP contribution >= 0.6 is 0 Å². The number of hydrogen-bond donors (Lipinski definition) is 0. The first-order valence-electron chi connectivity index (χ1n) is 7.79. The summed E-state index contributed by atoms with van der Waals surface area (Å²) in [6, 6.07) is 19.0. The third-order valence-corrected chi connectivity index (χ3v) is 3.72. The summed E-state index contributed by atoms with van der Waals surface area (Å²) in [5.41, 5.74) is 2.62. The second-order valence-electron chi connectivity index (χ2n) is 5.19. The van der Waals surface area contributed by atoms with E-state index in [4.69, 9.17) is 4.74 Å². The van der Waals surface area contributed by atoms with E-state index in [0.717, 1.165) is 38.4 Å². The molecule has 0 aliphatic heterocycles. The minimum atomic E-state index is 0.746. The van der Waals surface area contributed by atoms with Crippen LogP contribution in [0.3, 0.4) is 0 Å². The number of ether oxygens (including phenoxy) is 1. The van der Waals surface area contributed by atoms with E-state index in [1.165, 1.54) is 11.1 Å². The topological polar surface area (TPSA) is 12.5 Å². The van der Waals surface area contributed by atoms with Crippen LogP contribution in [0.2, 0.25) is 0 Å². The van der Waals surface area contributed by atoms with E-state index < -0.39 is 0 Å². The Kier molecular flexibility index (Phi) is 6.29. The highest BCUT2D eigenvalue weighted by molar-refractivity contribution is 5.32. The van der Waals surface area contributed by atoms with Crippen molar-refractivity contribution in [3.8, 4) is 5.75 Å². The van der Waals surface area contributed by atoms with Gasteiger partial charge in [0, 0.05) is 6.54 Å². The van der Waals surface area contributed by atoms with Crippen molar-refractivity contribution < 1.29 is 4.74 Å². The van der Waals surface area contributed by atoms with Gasteiger partial charge < -0.3 is 9.64 Å². The maximum Gasteiger partial charge on any atom is 0.119 e. The maximum atomic E-state index is 5.88. The van der Waals surface area contributed by atoms with Crippen molar-refractivity contribution in [2.24, 2.45) is 0 Å². The fourth-order valence-electron chi connectivity index (χ4n) is 2.41. The van der Waals surface area contributed by atoms with Crippen LogP contribution in [0.25, 0.3) is 0 Å². The van der Waals surface area contributed by atoms with Gasteiger partial charge in [0.25, 0.3) is 0 Å². The van der Waals surface area contributed by atoms with Gasteiger partial charge in [0.2, 0.25) is 0 Å². The Labute approximate surface area is 128 Å². The molecule has 2 rings (SSSR count). The zero-order valence-electron chi connectivity index (χ0n) is 13.1. The summed E-state index contributed by atoms with van der Waals surface area (Å²) in [5.74, 6) is 0.968. The second-order valence-corrected chi connectivity index (χ2v) is 5.19. The highest BCUT2D eigenvalue weighted by atomic mass is 16.5. The van der Waals surface area contributed by atoms with Crippen LogP contribution in [0.5, 0.6) is 5.75 Å². The summed E-state index contributed by atoms with van der Waals surface area (Å²) in [6.07, 6.45) is 0.952. The molecule has 2 aromatic rings. The molecule has 21 heavy (non-hydrogen) atoms. The minimum absolute atomic E-state index is 0.746. The summed E-state index contributed by atoms with van der Waals surface area (Å²) in [5, 5.41) is 0. The van der Waals surface area contributed by atoms with Gasteiger partial charge in [-0.1, -0.05) is 56.3 Å². The van der Waals surface area contributed by atoms with E-state index in [0.29, 0.717) is 0 Å². The molecule has 0 amide bonds. The fourth-order valence-corrected chi connectivity index (χ4v) is 2.41. The second kappa shape index (κ2) is 8.48. The summed E-state index contributed by atoms with van der Waals surface area (Å²) in [7, 11) is 0. The molecule has 112 valence electrons. The van der Waals surface area contributed by atoms with Gasteiger partial charge in [-0.05, 0) is 42.8 Å². The average molecular weight is 283 g/mol. The van der Waals surface area contributed by atoms with Gasteiger partial charge in [-0.2, -0.15) is 0 Å². The maximum absolute atomic E-state index is 5.88. The SMILES string of the molecule is CCN(CC)CCOc1cccc(Cc2ccccc2)c1. The van der Waals surface area contributed by atoms with E-state index >= 15 is 0 Å². The summed E-state index contributed by atoms with van der Waals surface area (Å²) in [6.45, 7) is 8.25. The quantitative estimate of drug-likeness (QED) is 0.726. The van der Waals surface area contributed by atoms with Crippen molar-refractivity contribution in [3.63, 3.8) is 0 Å². The number of hydrogen-bond acceptors (Lipinski definition) is 2. The van der Waals surface area contributed by atoms with Crippen LogP contribution in [0, 0.1) is 0 Å². The van der Waals surface area contributed by atoms with Crippen molar-refractivity contribution in [1.82, 2.24) is 4.90 Å². The lowest BCUT2D eigenvalue weighted by Gasteiger charge is -2.18. The molecule has 0 saturated heterocycles. The first-order chi connectivity index (χ1) is 10.3. The molecular weight excluding hydrogens is 258 g/mol.